The molecule has 0 spiro atoms. The number of hydrogen-bond donors (Lipinski definition) is 0. The van der Waals surface area contributed by atoms with Crippen molar-refractivity contribution in [3.8, 4) is 5.69 Å². The van der Waals surface area contributed by atoms with Crippen LogP contribution >= 0.6 is 0 Å². The van der Waals surface area contributed by atoms with E-state index in [9.17, 15) is 4.79 Å². The van der Waals surface area contributed by atoms with Crippen LogP contribution in [0.15, 0.2) is 29.2 Å². The Morgan fingerprint density at radius 1 is 1.14 bits per heavy atom. The van der Waals surface area contributed by atoms with Gasteiger partial charge in [-0.3, -0.25) is 4.79 Å². The van der Waals surface area contributed by atoms with Crippen LogP contribution in [0, 0.1) is 20.8 Å². The predicted octanol–water partition coefficient (Wildman–Crippen LogP) is 2.53. The lowest BCUT2D eigenvalue weighted by Crippen LogP contribution is -2.24. The Morgan fingerprint density at radius 3 is 2.57 bits per heavy atom. The maximum atomic E-state index is 12.6. The van der Waals surface area contributed by atoms with Gasteiger partial charge in [-0.25, -0.2) is 9.36 Å². The molecule has 0 unspecified atom stereocenters. The summed E-state index contributed by atoms with van der Waals surface area (Å²) in [6.07, 6.45) is 1.72. The smallest absolute Gasteiger partial charge is 0.265 e. The lowest BCUT2D eigenvalue weighted by Gasteiger charge is -2.08. The average Bonchev–Trinajstić information content (AvgIpc) is 2.91. The minimum Gasteiger partial charge on any atom is -0.265 e. The van der Waals surface area contributed by atoms with Gasteiger partial charge in [0.05, 0.1) is 17.6 Å². The topological polar surface area (TPSA) is 52.7 Å². The van der Waals surface area contributed by atoms with Crippen LogP contribution < -0.4 is 5.56 Å². The Hall–Kier alpha value is -2.43. The van der Waals surface area contributed by atoms with Gasteiger partial charge >= 0.3 is 0 Å². The zero-order chi connectivity index (χ0) is 15.1. The monoisotopic (exact) mass is 282 g/mol. The standard InChI is InChI=1S/C16H18N4O/c1-5-19-16(21)15-14(12(4)18-19)9-17-20(15)13-7-6-10(2)11(3)8-13/h6-9H,5H2,1-4H3. The number of fused-ring (bicyclic) bond motifs is 1. The van der Waals surface area contributed by atoms with Crippen LogP contribution in [-0.4, -0.2) is 19.6 Å². The SMILES string of the molecule is CCn1nc(C)c2cnn(-c3ccc(C)c(C)c3)c2c1=O. The molecule has 3 rings (SSSR count). The molecular weight excluding hydrogens is 264 g/mol. The highest BCUT2D eigenvalue weighted by molar-refractivity contribution is 5.81. The van der Waals surface area contributed by atoms with Gasteiger partial charge in [0, 0.05) is 11.9 Å². The van der Waals surface area contributed by atoms with E-state index < -0.39 is 0 Å². The van der Waals surface area contributed by atoms with E-state index in [-0.39, 0.29) is 5.56 Å². The van der Waals surface area contributed by atoms with Crippen LogP contribution in [-0.2, 0) is 6.54 Å². The van der Waals surface area contributed by atoms with Gasteiger partial charge in [-0.15, -0.1) is 0 Å². The molecule has 5 nitrogen and oxygen atoms in total. The molecular formula is C16H18N4O. The van der Waals surface area contributed by atoms with Gasteiger partial charge in [0.15, 0.2) is 0 Å². The Morgan fingerprint density at radius 2 is 1.90 bits per heavy atom. The first-order chi connectivity index (χ1) is 10.0. The van der Waals surface area contributed by atoms with Crippen molar-refractivity contribution in [3.05, 3.63) is 51.6 Å². The summed E-state index contributed by atoms with van der Waals surface area (Å²) in [4.78, 5) is 12.6. The van der Waals surface area contributed by atoms with Crippen LogP contribution in [0.3, 0.4) is 0 Å². The van der Waals surface area contributed by atoms with Crippen molar-refractivity contribution in [3.63, 3.8) is 0 Å². The first-order valence-electron chi connectivity index (χ1n) is 7.06. The maximum Gasteiger partial charge on any atom is 0.293 e. The van der Waals surface area contributed by atoms with Gasteiger partial charge in [0.25, 0.3) is 5.56 Å². The van der Waals surface area contributed by atoms with Crippen LogP contribution in [0.2, 0.25) is 0 Å². The Balaban J connectivity index is 2.36. The summed E-state index contributed by atoms with van der Waals surface area (Å²) in [5.41, 5.74) is 4.61. The van der Waals surface area contributed by atoms with Crippen molar-refractivity contribution < 1.29 is 0 Å². The number of benzene rings is 1. The molecule has 3 aromatic rings. The van der Waals surface area contributed by atoms with Crippen molar-refractivity contribution in [1.29, 1.82) is 0 Å². The summed E-state index contributed by atoms with van der Waals surface area (Å²) in [5, 5.41) is 9.51. The van der Waals surface area contributed by atoms with Crippen molar-refractivity contribution in [1.82, 2.24) is 19.6 Å². The summed E-state index contributed by atoms with van der Waals surface area (Å²) in [5.74, 6) is 0. The van der Waals surface area contributed by atoms with Crippen LogP contribution in [0.1, 0.15) is 23.7 Å². The molecule has 0 fully saturated rings. The Kier molecular flexibility index (Phi) is 3.12. The third kappa shape index (κ3) is 2.05. The Bertz CT molecular complexity index is 889. The largest absolute Gasteiger partial charge is 0.293 e. The Labute approximate surface area is 122 Å². The van der Waals surface area contributed by atoms with E-state index in [4.69, 9.17) is 0 Å². The van der Waals surface area contributed by atoms with E-state index in [0.29, 0.717) is 12.1 Å². The van der Waals surface area contributed by atoms with Gasteiger partial charge in [-0.2, -0.15) is 10.2 Å². The summed E-state index contributed by atoms with van der Waals surface area (Å²) >= 11 is 0. The van der Waals surface area contributed by atoms with Crippen molar-refractivity contribution in [2.45, 2.75) is 34.2 Å². The third-order valence-corrected chi connectivity index (χ3v) is 3.90. The maximum absolute atomic E-state index is 12.6. The number of aryl methyl sites for hydroxylation is 4. The van der Waals surface area contributed by atoms with E-state index in [0.717, 1.165) is 16.8 Å². The molecule has 0 N–H and O–H groups in total. The van der Waals surface area contributed by atoms with Gasteiger partial charge < -0.3 is 0 Å². The van der Waals surface area contributed by atoms with E-state index in [1.807, 2.05) is 32.0 Å². The lowest BCUT2D eigenvalue weighted by molar-refractivity contribution is 0.612. The van der Waals surface area contributed by atoms with Gasteiger partial charge in [-0.05, 0) is 51.0 Å². The molecule has 0 saturated heterocycles. The average molecular weight is 282 g/mol. The molecule has 0 aliphatic rings. The molecule has 108 valence electrons. The van der Waals surface area contributed by atoms with Gasteiger partial charge in [0.2, 0.25) is 0 Å². The molecule has 0 saturated carbocycles. The lowest BCUT2D eigenvalue weighted by atomic mass is 10.1. The zero-order valence-electron chi connectivity index (χ0n) is 12.7. The molecule has 21 heavy (non-hydrogen) atoms. The molecule has 0 aliphatic heterocycles. The molecule has 0 bridgehead atoms. The fourth-order valence-corrected chi connectivity index (χ4v) is 2.49. The first-order valence-corrected chi connectivity index (χ1v) is 7.06. The molecule has 0 amide bonds. The fourth-order valence-electron chi connectivity index (χ4n) is 2.49. The van der Waals surface area contributed by atoms with Crippen molar-refractivity contribution >= 4 is 10.9 Å². The van der Waals surface area contributed by atoms with E-state index >= 15 is 0 Å². The minimum atomic E-state index is -0.103. The molecule has 0 aliphatic carbocycles. The second-order valence-corrected chi connectivity index (χ2v) is 5.29. The summed E-state index contributed by atoms with van der Waals surface area (Å²) < 4.78 is 3.20. The quantitative estimate of drug-likeness (QED) is 0.725. The van der Waals surface area contributed by atoms with Crippen LogP contribution in [0.5, 0.6) is 0 Å². The number of nitrogens with zero attached hydrogens (tertiary/aromatic N) is 4. The third-order valence-electron chi connectivity index (χ3n) is 3.90. The van der Waals surface area contributed by atoms with Crippen LogP contribution in [0.25, 0.3) is 16.6 Å². The van der Waals surface area contributed by atoms with Crippen molar-refractivity contribution in [2.24, 2.45) is 0 Å². The van der Waals surface area contributed by atoms with E-state index in [1.165, 1.54) is 15.8 Å². The van der Waals surface area contributed by atoms with Gasteiger partial charge in [0.1, 0.15) is 5.52 Å². The fraction of sp³-hybridized carbons (Fsp3) is 0.312. The molecule has 0 atom stereocenters. The number of aromatic nitrogens is 4. The minimum absolute atomic E-state index is 0.103. The zero-order valence-corrected chi connectivity index (χ0v) is 12.7. The van der Waals surface area contributed by atoms with E-state index in [1.54, 1.807) is 10.9 Å². The summed E-state index contributed by atoms with van der Waals surface area (Å²) in [6.45, 7) is 8.49. The summed E-state index contributed by atoms with van der Waals surface area (Å²) in [7, 11) is 0. The van der Waals surface area contributed by atoms with Crippen LogP contribution in [0.4, 0.5) is 0 Å². The van der Waals surface area contributed by atoms with E-state index in [2.05, 4.69) is 24.0 Å². The van der Waals surface area contributed by atoms with Crippen molar-refractivity contribution in [2.75, 3.05) is 0 Å². The molecule has 2 heterocycles. The highest BCUT2D eigenvalue weighted by Gasteiger charge is 2.14. The highest BCUT2D eigenvalue weighted by Crippen LogP contribution is 2.19. The second kappa shape index (κ2) is 4.84. The number of rotatable bonds is 2. The van der Waals surface area contributed by atoms with Gasteiger partial charge in [-0.1, -0.05) is 6.07 Å². The molecule has 2 aromatic heterocycles. The highest BCUT2D eigenvalue weighted by atomic mass is 16.1. The first kappa shape index (κ1) is 13.5. The normalized spacial score (nSPS) is 11.2. The number of hydrogen-bond acceptors (Lipinski definition) is 3. The molecule has 1 aromatic carbocycles. The molecule has 0 radical (unpaired) electrons. The second-order valence-electron chi connectivity index (χ2n) is 5.29. The predicted molar refractivity (Wildman–Crippen MR) is 83.0 cm³/mol. The molecule has 5 heteroatoms. The summed E-state index contributed by atoms with van der Waals surface area (Å²) in [6, 6.07) is 6.08.